The van der Waals surface area contributed by atoms with Crippen LogP contribution in [-0.2, 0) is 16.2 Å². The van der Waals surface area contributed by atoms with Gasteiger partial charge in [-0.3, -0.25) is 9.52 Å². The van der Waals surface area contributed by atoms with Crippen molar-refractivity contribution in [3.63, 3.8) is 0 Å². The molecule has 3 aromatic rings. The van der Waals surface area contributed by atoms with Crippen molar-refractivity contribution in [2.24, 2.45) is 0 Å². The van der Waals surface area contributed by atoms with E-state index in [4.69, 9.17) is 0 Å². The summed E-state index contributed by atoms with van der Waals surface area (Å²) in [7, 11) is -3.95. The second-order valence-electron chi connectivity index (χ2n) is 6.48. The zero-order valence-electron chi connectivity index (χ0n) is 15.7. The highest BCUT2D eigenvalue weighted by Gasteiger charge is 2.30. The molecule has 0 fully saturated rings. The number of alkyl halides is 3. The molecule has 0 aliphatic carbocycles. The second-order valence-corrected chi connectivity index (χ2v) is 8.13. The highest BCUT2D eigenvalue weighted by molar-refractivity contribution is 7.92. The molecule has 0 aliphatic rings. The molecule has 0 saturated heterocycles. The van der Waals surface area contributed by atoms with Gasteiger partial charge in [0.05, 0.1) is 10.5 Å². The van der Waals surface area contributed by atoms with Gasteiger partial charge in [-0.2, -0.15) is 13.2 Å². The molecule has 3 aromatic carbocycles. The summed E-state index contributed by atoms with van der Waals surface area (Å²) in [5.41, 5.74) is 0.173. The number of hydrogen-bond acceptors (Lipinski definition) is 3. The molecule has 2 N–H and O–H groups in total. The molecule has 30 heavy (non-hydrogen) atoms. The van der Waals surface area contributed by atoms with Crippen molar-refractivity contribution in [2.45, 2.75) is 18.0 Å². The number of amides is 1. The van der Waals surface area contributed by atoms with E-state index in [0.717, 1.165) is 24.3 Å². The highest BCUT2D eigenvalue weighted by atomic mass is 32.2. The van der Waals surface area contributed by atoms with E-state index in [9.17, 15) is 26.4 Å². The van der Waals surface area contributed by atoms with E-state index in [-0.39, 0.29) is 16.1 Å². The van der Waals surface area contributed by atoms with Gasteiger partial charge in [-0.15, -0.1) is 0 Å². The van der Waals surface area contributed by atoms with Crippen molar-refractivity contribution >= 4 is 27.3 Å². The lowest BCUT2D eigenvalue weighted by Crippen LogP contribution is -2.17. The average molecular weight is 434 g/mol. The van der Waals surface area contributed by atoms with Crippen molar-refractivity contribution in [2.75, 3.05) is 10.0 Å². The van der Waals surface area contributed by atoms with Crippen LogP contribution in [0.15, 0.2) is 77.7 Å². The van der Waals surface area contributed by atoms with E-state index in [1.54, 1.807) is 37.3 Å². The summed E-state index contributed by atoms with van der Waals surface area (Å²) in [4.78, 5) is 12.4. The maximum Gasteiger partial charge on any atom is 0.416 e. The fraction of sp³-hybridized carbons (Fsp3) is 0.0952. The van der Waals surface area contributed by atoms with E-state index in [1.165, 1.54) is 18.2 Å². The molecule has 0 unspecified atom stereocenters. The van der Waals surface area contributed by atoms with Gasteiger partial charge in [-0.05, 0) is 61.0 Å². The fourth-order valence-electron chi connectivity index (χ4n) is 2.69. The maximum absolute atomic E-state index is 12.7. The molecule has 0 radical (unpaired) electrons. The van der Waals surface area contributed by atoms with Crippen LogP contribution in [0, 0.1) is 6.92 Å². The Balaban J connectivity index is 1.83. The van der Waals surface area contributed by atoms with Crippen LogP contribution in [0.5, 0.6) is 0 Å². The number of halogens is 3. The lowest BCUT2D eigenvalue weighted by molar-refractivity contribution is -0.137. The first-order chi connectivity index (χ1) is 14.1. The third kappa shape index (κ3) is 4.98. The lowest BCUT2D eigenvalue weighted by Gasteiger charge is -2.12. The highest BCUT2D eigenvalue weighted by Crippen LogP contribution is 2.30. The van der Waals surface area contributed by atoms with Crippen LogP contribution in [0.1, 0.15) is 21.5 Å². The Hall–Kier alpha value is -3.33. The summed E-state index contributed by atoms with van der Waals surface area (Å²) in [5.74, 6) is -0.647. The Morgan fingerprint density at radius 1 is 0.867 bits per heavy atom. The molecule has 0 spiro atoms. The molecule has 9 heteroatoms. The van der Waals surface area contributed by atoms with Crippen molar-refractivity contribution in [3.8, 4) is 0 Å². The van der Waals surface area contributed by atoms with Gasteiger partial charge in [0.1, 0.15) is 0 Å². The Bertz CT molecular complexity index is 1160. The summed E-state index contributed by atoms with van der Waals surface area (Å²) in [6, 6.07) is 16.4. The van der Waals surface area contributed by atoms with Gasteiger partial charge in [0.25, 0.3) is 15.9 Å². The van der Waals surface area contributed by atoms with Gasteiger partial charge in [-0.25, -0.2) is 8.42 Å². The number of carbonyl (C=O) groups excluding carboxylic acids is 1. The average Bonchev–Trinajstić information content (AvgIpc) is 2.68. The molecule has 3 rings (SSSR count). The standard InChI is InChI=1S/C21H17F3N2O3S/c1-14-7-8-15(13-19(14)30(28,29)26-18-5-3-2-4-6-18)20(27)25-17-11-9-16(10-12-17)21(22,23)24/h2-13,26H,1H3,(H,25,27). The van der Waals surface area contributed by atoms with E-state index in [0.29, 0.717) is 11.3 Å². The third-order valence-electron chi connectivity index (χ3n) is 4.24. The quantitative estimate of drug-likeness (QED) is 0.589. The minimum atomic E-state index is -4.48. The van der Waals surface area contributed by atoms with Crippen LogP contribution in [0.3, 0.4) is 0 Å². The van der Waals surface area contributed by atoms with Crippen molar-refractivity contribution in [1.82, 2.24) is 0 Å². The molecule has 156 valence electrons. The number of nitrogens with one attached hydrogen (secondary N) is 2. The summed E-state index contributed by atoms with van der Waals surface area (Å²) >= 11 is 0. The van der Waals surface area contributed by atoms with Gasteiger partial charge >= 0.3 is 6.18 Å². The zero-order valence-corrected chi connectivity index (χ0v) is 16.5. The number of hydrogen-bond donors (Lipinski definition) is 2. The first kappa shape index (κ1) is 21.4. The molecule has 5 nitrogen and oxygen atoms in total. The van der Waals surface area contributed by atoms with Crippen LogP contribution in [-0.4, -0.2) is 14.3 Å². The number of carbonyl (C=O) groups is 1. The predicted molar refractivity (Wildman–Crippen MR) is 108 cm³/mol. The Morgan fingerprint density at radius 2 is 1.50 bits per heavy atom. The summed E-state index contributed by atoms with van der Waals surface area (Å²) in [5, 5.41) is 2.46. The maximum atomic E-state index is 12.7. The van der Waals surface area contributed by atoms with Crippen molar-refractivity contribution < 1.29 is 26.4 Å². The van der Waals surface area contributed by atoms with Gasteiger partial charge in [0.15, 0.2) is 0 Å². The van der Waals surface area contributed by atoms with Gasteiger partial charge in [0, 0.05) is 16.9 Å². The van der Waals surface area contributed by atoms with E-state index in [1.807, 2.05) is 0 Å². The largest absolute Gasteiger partial charge is 0.416 e. The molecule has 0 atom stereocenters. The Labute approximate surface area is 171 Å². The van der Waals surface area contributed by atoms with Crippen LogP contribution in [0.25, 0.3) is 0 Å². The number of para-hydroxylation sites is 1. The van der Waals surface area contributed by atoms with Gasteiger partial charge in [-0.1, -0.05) is 24.3 Å². The van der Waals surface area contributed by atoms with Crippen LogP contribution in [0.2, 0.25) is 0 Å². The third-order valence-corrected chi connectivity index (χ3v) is 5.76. The minimum absolute atomic E-state index is 0.0499. The minimum Gasteiger partial charge on any atom is -0.322 e. The summed E-state index contributed by atoms with van der Waals surface area (Å²) in [6.07, 6.45) is -4.48. The molecule has 0 aromatic heterocycles. The molecule has 0 aliphatic heterocycles. The van der Waals surface area contributed by atoms with E-state index < -0.39 is 27.7 Å². The first-order valence-corrected chi connectivity index (χ1v) is 10.2. The number of anilines is 2. The van der Waals surface area contributed by atoms with Gasteiger partial charge in [0.2, 0.25) is 0 Å². The number of aryl methyl sites for hydroxylation is 1. The predicted octanol–water partition coefficient (Wildman–Crippen LogP) is 5.07. The van der Waals surface area contributed by atoms with Gasteiger partial charge < -0.3 is 5.32 Å². The lowest BCUT2D eigenvalue weighted by atomic mass is 10.1. The molecular formula is C21H17F3N2O3S. The summed E-state index contributed by atoms with van der Waals surface area (Å²) in [6.45, 7) is 1.59. The van der Waals surface area contributed by atoms with Crippen molar-refractivity contribution in [1.29, 1.82) is 0 Å². The Kier molecular flexibility index (Phi) is 5.84. The molecule has 1 amide bonds. The first-order valence-electron chi connectivity index (χ1n) is 8.73. The van der Waals surface area contributed by atoms with E-state index in [2.05, 4.69) is 10.0 Å². The smallest absolute Gasteiger partial charge is 0.322 e. The fourth-order valence-corrected chi connectivity index (χ4v) is 4.02. The molecule has 0 saturated carbocycles. The second kappa shape index (κ2) is 8.19. The summed E-state index contributed by atoms with van der Waals surface area (Å²) < 4.78 is 65.9. The molecular weight excluding hydrogens is 417 g/mol. The van der Waals surface area contributed by atoms with Crippen LogP contribution >= 0.6 is 0 Å². The normalized spacial score (nSPS) is 11.7. The van der Waals surface area contributed by atoms with Crippen molar-refractivity contribution in [3.05, 3.63) is 89.5 Å². The Morgan fingerprint density at radius 3 is 2.10 bits per heavy atom. The zero-order chi connectivity index (χ0) is 21.9. The van der Waals surface area contributed by atoms with Crippen LogP contribution < -0.4 is 10.0 Å². The monoisotopic (exact) mass is 434 g/mol. The van der Waals surface area contributed by atoms with Crippen LogP contribution in [0.4, 0.5) is 24.5 Å². The molecule has 0 bridgehead atoms. The SMILES string of the molecule is Cc1ccc(C(=O)Nc2ccc(C(F)(F)F)cc2)cc1S(=O)(=O)Nc1ccccc1. The number of sulfonamides is 1. The number of benzene rings is 3. The topological polar surface area (TPSA) is 75.3 Å². The van der Waals surface area contributed by atoms with E-state index >= 15 is 0 Å². The molecule has 0 heterocycles. The number of rotatable bonds is 5.